The molecule has 2 aromatic rings. The van der Waals surface area contributed by atoms with Crippen molar-refractivity contribution >= 4 is 30.1 Å². The normalized spacial score (nSPS) is 18.3. The Hall–Kier alpha value is -1.49. The molecule has 0 radical (unpaired) electrons. The average Bonchev–Trinajstić information content (AvgIpc) is 3.16. The first-order valence-electron chi connectivity index (χ1n) is 9.51. The first-order chi connectivity index (χ1) is 12.7. The van der Waals surface area contributed by atoms with Gasteiger partial charge in [0.15, 0.2) is 0 Å². The summed E-state index contributed by atoms with van der Waals surface area (Å²) in [6.45, 7) is 4.05. The van der Waals surface area contributed by atoms with Crippen molar-refractivity contribution in [1.82, 2.24) is 10.2 Å². The first-order valence-corrected chi connectivity index (χ1v) is 10.5. The van der Waals surface area contributed by atoms with Crippen molar-refractivity contribution in [3.63, 3.8) is 0 Å². The number of carbonyl (C=O) groups excluding carboxylic acids is 1. The van der Waals surface area contributed by atoms with Crippen LogP contribution in [-0.4, -0.2) is 37.0 Å². The molecule has 0 aliphatic carbocycles. The molecule has 0 aromatic heterocycles. The van der Waals surface area contributed by atoms with E-state index in [4.69, 9.17) is 0 Å². The Labute approximate surface area is 172 Å². The van der Waals surface area contributed by atoms with E-state index < -0.39 is 0 Å². The molecule has 2 aromatic carbocycles. The van der Waals surface area contributed by atoms with Crippen LogP contribution in [-0.2, 0) is 5.75 Å². The molecule has 2 heterocycles. The lowest BCUT2D eigenvalue weighted by molar-refractivity contribution is 0.0607. The Morgan fingerprint density at radius 1 is 1.00 bits per heavy atom. The van der Waals surface area contributed by atoms with Gasteiger partial charge in [0, 0.05) is 35.8 Å². The quantitative estimate of drug-likeness (QED) is 0.757. The minimum atomic E-state index is 0. The lowest BCUT2D eigenvalue weighted by Gasteiger charge is -2.38. The smallest absolute Gasteiger partial charge is 0.253 e. The van der Waals surface area contributed by atoms with E-state index in [0.717, 1.165) is 50.3 Å². The lowest BCUT2D eigenvalue weighted by Crippen LogP contribution is -2.44. The predicted molar refractivity (Wildman–Crippen MR) is 115 cm³/mol. The van der Waals surface area contributed by atoms with E-state index in [1.807, 2.05) is 34.9 Å². The monoisotopic (exact) mass is 402 g/mol. The number of piperidine rings is 1. The molecular formula is C22H27ClN2OS. The van der Waals surface area contributed by atoms with Gasteiger partial charge in [-0.3, -0.25) is 4.79 Å². The fourth-order valence-electron chi connectivity index (χ4n) is 4.02. The third kappa shape index (κ3) is 4.87. The molecular weight excluding hydrogens is 376 g/mol. The van der Waals surface area contributed by atoms with Crippen LogP contribution in [0.4, 0.5) is 0 Å². The summed E-state index contributed by atoms with van der Waals surface area (Å²) in [6, 6.07) is 18.6. The lowest BCUT2D eigenvalue weighted by atomic mass is 9.78. The molecule has 3 nitrogen and oxygen atoms in total. The van der Waals surface area contributed by atoms with E-state index in [2.05, 4.69) is 41.7 Å². The molecule has 1 amide bonds. The molecule has 0 bridgehead atoms. The standard InChI is InChI=1S/C22H26N2OS.ClH/c25-21(24-14-11-22(12-15-24)10-13-23-17-22)19-6-8-20(9-7-19)26-16-18-4-2-1-3-5-18;/h1-9,23H,10-17H2;1H. The molecule has 2 fully saturated rings. The summed E-state index contributed by atoms with van der Waals surface area (Å²) in [5.41, 5.74) is 2.59. The van der Waals surface area contributed by atoms with Crippen molar-refractivity contribution in [3.05, 3.63) is 65.7 Å². The predicted octanol–water partition coefficient (Wildman–Crippen LogP) is 4.62. The number of likely N-dealkylation sites (tertiary alicyclic amines) is 1. The fraction of sp³-hybridized carbons (Fsp3) is 0.409. The van der Waals surface area contributed by atoms with Gasteiger partial charge in [-0.25, -0.2) is 0 Å². The van der Waals surface area contributed by atoms with Crippen molar-refractivity contribution in [3.8, 4) is 0 Å². The molecule has 0 atom stereocenters. The molecule has 5 heteroatoms. The van der Waals surface area contributed by atoms with Crippen LogP contribution in [0.1, 0.15) is 35.2 Å². The number of hydrogen-bond donors (Lipinski definition) is 1. The Kier molecular flexibility index (Phi) is 6.85. The Morgan fingerprint density at radius 3 is 2.33 bits per heavy atom. The Balaban J connectivity index is 0.00000210. The second kappa shape index (κ2) is 9.13. The number of halogens is 1. The van der Waals surface area contributed by atoms with Crippen molar-refractivity contribution in [1.29, 1.82) is 0 Å². The van der Waals surface area contributed by atoms with Crippen molar-refractivity contribution in [2.45, 2.75) is 29.9 Å². The van der Waals surface area contributed by atoms with Gasteiger partial charge in [-0.05, 0) is 61.1 Å². The van der Waals surface area contributed by atoms with Gasteiger partial charge >= 0.3 is 0 Å². The molecule has 1 spiro atoms. The molecule has 0 saturated carbocycles. The van der Waals surface area contributed by atoms with E-state index in [1.54, 1.807) is 0 Å². The highest BCUT2D eigenvalue weighted by atomic mass is 35.5. The molecule has 2 saturated heterocycles. The van der Waals surface area contributed by atoms with E-state index in [0.29, 0.717) is 5.41 Å². The maximum absolute atomic E-state index is 12.8. The molecule has 27 heavy (non-hydrogen) atoms. The maximum atomic E-state index is 12.8. The van der Waals surface area contributed by atoms with Crippen LogP contribution < -0.4 is 5.32 Å². The largest absolute Gasteiger partial charge is 0.339 e. The number of rotatable bonds is 4. The highest BCUT2D eigenvalue weighted by Gasteiger charge is 2.38. The Bertz CT molecular complexity index is 735. The topological polar surface area (TPSA) is 32.3 Å². The minimum absolute atomic E-state index is 0. The zero-order valence-electron chi connectivity index (χ0n) is 15.5. The molecule has 4 rings (SSSR count). The fourth-order valence-corrected chi connectivity index (χ4v) is 4.88. The Morgan fingerprint density at radius 2 is 1.70 bits per heavy atom. The molecule has 1 N–H and O–H groups in total. The number of carbonyl (C=O) groups is 1. The van der Waals surface area contributed by atoms with Gasteiger partial charge in [0.2, 0.25) is 0 Å². The van der Waals surface area contributed by atoms with Crippen molar-refractivity contribution in [2.24, 2.45) is 5.41 Å². The summed E-state index contributed by atoms with van der Waals surface area (Å²) in [6.07, 6.45) is 3.54. The minimum Gasteiger partial charge on any atom is -0.339 e. The van der Waals surface area contributed by atoms with Crippen LogP contribution >= 0.6 is 24.2 Å². The summed E-state index contributed by atoms with van der Waals surface area (Å²) < 4.78 is 0. The second-order valence-electron chi connectivity index (χ2n) is 7.52. The summed E-state index contributed by atoms with van der Waals surface area (Å²) in [5, 5.41) is 3.48. The third-order valence-corrected chi connectivity index (χ3v) is 6.88. The van der Waals surface area contributed by atoms with Crippen LogP contribution in [0.15, 0.2) is 59.5 Å². The SMILES string of the molecule is Cl.O=C(c1ccc(SCc2ccccc2)cc1)N1CCC2(CCNC2)CC1. The van der Waals surface area contributed by atoms with Crippen LogP contribution in [0.25, 0.3) is 0 Å². The summed E-state index contributed by atoms with van der Waals surface area (Å²) in [7, 11) is 0. The number of thioether (sulfide) groups is 1. The van der Waals surface area contributed by atoms with Crippen molar-refractivity contribution in [2.75, 3.05) is 26.2 Å². The first kappa shape index (κ1) is 20.2. The number of amides is 1. The van der Waals surface area contributed by atoms with Gasteiger partial charge in [0.05, 0.1) is 0 Å². The highest BCUT2D eigenvalue weighted by Crippen LogP contribution is 2.37. The zero-order chi connectivity index (χ0) is 17.8. The number of hydrogen-bond acceptors (Lipinski definition) is 3. The van der Waals surface area contributed by atoms with Crippen LogP contribution in [0.2, 0.25) is 0 Å². The van der Waals surface area contributed by atoms with Gasteiger partial charge in [-0.15, -0.1) is 24.2 Å². The van der Waals surface area contributed by atoms with Crippen LogP contribution in [0.3, 0.4) is 0 Å². The second-order valence-corrected chi connectivity index (χ2v) is 8.57. The maximum Gasteiger partial charge on any atom is 0.253 e. The van der Waals surface area contributed by atoms with Gasteiger partial charge < -0.3 is 10.2 Å². The van der Waals surface area contributed by atoms with Gasteiger partial charge in [0.25, 0.3) is 5.91 Å². The average molecular weight is 403 g/mol. The van der Waals surface area contributed by atoms with Crippen molar-refractivity contribution < 1.29 is 4.79 Å². The van der Waals surface area contributed by atoms with Gasteiger partial charge in [-0.2, -0.15) is 0 Å². The number of nitrogens with zero attached hydrogens (tertiary/aromatic N) is 1. The van der Waals surface area contributed by atoms with E-state index >= 15 is 0 Å². The molecule has 2 aliphatic rings. The molecule has 2 aliphatic heterocycles. The third-order valence-electron chi connectivity index (χ3n) is 5.79. The number of nitrogens with one attached hydrogen (secondary N) is 1. The number of benzene rings is 2. The summed E-state index contributed by atoms with van der Waals surface area (Å²) in [4.78, 5) is 16.0. The summed E-state index contributed by atoms with van der Waals surface area (Å²) >= 11 is 1.81. The zero-order valence-corrected chi connectivity index (χ0v) is 17.2. The van der Waals surface area contributed by atoms with Crippen LogP contribution in [0, 0.1) is 5.41 Å². The molecule has 144 valence electrons. The van der Waals surface area contributed by atoms with Gasteiger partial charge in [-0.1, -0.05) is 30.3 Å². The summed E-state index contributed by atoms with van der Waals surface area (Å²) in [5.74, 6) is 1.14. The van der Waals surface area contributed by atoms with E-state index in [-0.39, 0.29) is 18.3 Å². The van der Waals surface area contributed by atoms with E-state index in [9.17, 15) is 4.79 Å². The van der Waals surface area contributed by atoms with Gasteiger partial charge in [0.1, 0.15) is 0 Å². The van der Waals surface area contributed by atoms with E-state index in [1.165, 1.54) is 16.9 Å². The molecule has 0 unspecified atom stereocenters. The highest BCUT2D eigenvalue weighted by molar-refractivity contribution is 7.98. The van der Waals surface area contributed by atoms with Crippen LogP contribution in [0.5, 0.6) is 0 Å².